The van der Waals surface area contributed by atoms with Gasteiger partial charge in [0, 0.05) is 46.0 Å². The van der Waals surface area contributed by atoms with Crippen LogP contribution in [0.5, 0.6) is 0 Å². The fraction of sp³-hybridized carbons (Fsp3) is 0.364. The zero-order valence-corrected chi connectivity index (χ0v) is 18.2. The number of anilines is 2. The molecule has 2 aliphatic heterocycles. The number of pyridine rings is 2. The van der Waals surface area contributed by atoms with Gasteiger partial charge in [-0.25, -0.2) is 9.97 Å². The number of carbonyl (C=O) groups is 2. The molecule has 1 atom stereocenters. The lowest BCUT2D eigenvalue weighted by Gasteiger charge is -2.36. The highest BCUT2D eigenvalue weighted by molar-refractivity contribution is 6.04. The van der Waals surface area contributed by atoms with Crippen molar-refractivity contribution in [3.05, 3.63) is 53.4 Å². The van der Waals surface area contributed by atoms with Crippen LogP contribution in [0.1, 0.15) is 34.6 Å². The lowest BCUT2D eigenvalue weighted by atomic mass is 10.0. The van der Waals surface area contributed by atoms with E-state index < -0.39 is 23.9 Å². The fourth-order valence-corrected chi connectivity index (χ4v) is 4.44. The van der Waals surface area contributed by atoms with Crippen molar-refractivity contribution < 1.29 is 18.4 Å². The molecular weight excluding hydrogens is 432 g/mol. The predicted molar refractivity (Wildman–Crippen MR) is 117 cm³/mol. The van der Waals surface area contributed by atoms with Crippen molar-refractivity contribution in [3.8, 4) is 0 Å². The molecule has 0 radical (unpaired) electrons. The van der Waals surface area contributed by atoms with Gasteiger partial charge in [0.1, 0.15) is 5.69 Å². The van der Waals surface area contributed by atoms with E-state index in [9.17, 15) is 18.4 Å². The van der Waals surface area contributed by atoms with Crippen LogP contribution in [0.15, 0.2) is 24.4 Å². The number of piperazine rings is 1. The Balaban J connectivity index is 1.30. The average Bonchev–Trinajstić information content (AvgIpc) is 3.14. The van der Waals surface area contributed by atoms with Crippen molar-refractivity contribution in [1.82, 2.24) is 24.6 Å². The van der Waals surface area contributed by atoms with Crippen molar-refractivity contribution in [1.29, 1.82) is 0 Å². The summed E-state index contributed by atoms with van der Waals surface area (Å²) in [6.45, 7) is 4.72. The van der Waals surface area contributed by atoms with E-state index in [4.69, 9.17) is 0 Å². The van der Waals surface area contributed by atoms with E-state index in [-0.39, 0.29) is 11.6 Å². The Bertz CT molecular complexity index is 1270. The summed E-state index contributed by atoms with van der Waals surface area (Å²) in [5, 5.41) is 5.27. The molecule has 172 valence electrons. The van der Waals surface area contributed by atoms with Crippen molar-refractivity contribution >= 4 is 28.7 Å². The lowest BCUT2D eigenvalue weighted by molar-refractivity contribution is -0.117. The van der Waals surface area contributed by atoms with Crippen LogP contribution < -0.4 is 15.5 Å². The minimum absolute atomic E-state index is 0.0353. The van der Waals surface area contributed by atoms with Gasteiger partial charge in [-0.1, -0.05) is 0 Å². The number of rotatable bonds is 4. The normalized spacial score (nSPS) is 18.5. The first-order valence-electron chi connectivity index (χ1n) is 10.7. The Morgan fingerprint density at radius 2 is 1.97 bits per heavy atom. The van der Waals surface area contributed by atoms with E-state index in [0.29, 0.717) is 55.3 Å². The molecule has 1 unspecified atom stereocenters. The van der Waals surface area contributed by atoms with Gasteiger partial charge in [0.25, 0.3) is 12.0 Å². The monoisotopic (exact) mass is 455 g/mol. The van der Waals surface area contributed by atoms with Gasteiger partial charge >= 0.3 is 0 Å². The molecule has 0 saturated carbocycles. The van der Waals surface area contributed by atoms with Crippen LogP contribution in [0.2, 0.25) is 0 Å². The number of hydrogen-bond donors (Lipinski definition) is 2. The number of nitrogens with one attached hydrogen (secondary N) is 2. The van der Waals surface area contributed by atoms with Crippen LogP contribution in [-0.4, -0.2) is 64.3 Å². The molecular formula is C22H23F2N7O2. The zero-order chi connectivity index (χ0) is 23.3. The van der Waals surface area contributed by atoms with Gasteiger partial charge in [0.05, 0.1) is 28.5 Å². The maximum absolute atomic E-state index is 14.5. The minimum atomic E-state index is -0.676. The summed E-state index contributed by atoms with van der Waals surface area (Å²) in [6, 6.07) is 4.94. The van der Waals surface area contributed by atoms with Crippen LogP contribution in [-0.2, 0) is 11.3 Å². The van der Waals surface area contributed by atoms with Crippen molar-refractivity contribution in [2.45, 2.75) is 19.4 Å². The molecule has 5 heterocycles. The second kappa shape index (κ2) is 8.07. The van der Waals surface area contributed by atoms with Gasteiger partial charge in [0.15, 0.2) is 0 Å². The number of nitrogens with zero attached hydrogens (tertiary/aromatic N) is 5. The van der Waals surface area contributed by atoms with Gasteiger partial charge in [-0.3, -0.25) is 18.9 Å². The Morgan fingerprint density at radius 1 is 1.21 bits per heavy atom. The molecule has 3 aromatic heterocycles. The van der Waals surface area contributed by atoms with Crippen molar-refractivity contribution in [2.24, 2.45) is 0 Å². The molecule has 0 aromatic carbocycles. The number of amides is 2. The number of halogens is 2. The Morgan fingerprint density at radius 3 is 2.67 bits per heavy atom. The standard InChI is InChI=1S/C22H23F2N7O2/c1-12-17-18-15(27-20(12)32)9-13(11-31(18)22(24)28-17)10-29-5-7-30(8-6-29)16-4-3-14(21(33)25-2)26-19(16)23/h3-4,9,11-12H,5-8,10H2,1-2H3,(H,25,33)(H,27,32). The molecule has 5 rings (SSSR count). The van der Waals surface area contributed by atoms with E-state index in [1.54, 1.807) is 19.2 Å². The second-order valence-corrected chi connectivity index (χ2v) is 8.31. The molecule has 9 nitrogen and oxygen atoms in total. The topological polar surface area (TPSA) is 94.9 Å². The Hall–Kier alpha value is -3.60. The number of hydrogen-bond acceptors (Lipinski definition) is 6. The molecule has 0 bridgehead atoms. The number of carbonyl (C=O) groups excluding carboxylic acids is 2. The molecule has 11 heteroatoms. The highest BCUT2D eigenvalue weighted by atomic mass is 19.1. The smallest absolute Gasteiger partial charge is 0.294 e. The highest BCUT2D eigenvalue weighted by Crippen LogP contribution is 2.34. The average molecular weight is 455 g/mol. The highest BCUT2D eigenvalue weighted by Gasteiger charge is 2.30. The van der Waals surface area contributed by atoms with Crippen LogP contribution in [0, 0.1) is 12.0 Å². The first kappa shape index (κ1) is 21.3. The summed E-state index contributed by atoms with van der Waals surface area (Å²) < 4.78 is 30.3. The minimum Gasteiger partial charge on any atom is -0.365 e. The molecule has 0 spiro atoms. The van der Waals surface area contributed by atoms with Crippen LogP contribution in [0.4, 0.5) is 20.2 Å². The molecule has 3 aromatic rings. The Labute approximate surface area is 188 Å². The summed E-state index contributed by atoms with van der Waals surface area (Å²) in [7, 11) is 1.47. The van der Waals surface area contributed by atoms with E-state index in [1.165, 1.54) is 17.5 Å². The molecule has 2 amide bonds. The summed E-state index contributed by atoms with van der Waals surface area (Å²) in [5.41, 5.74) is 2.84. The molecule has 2 aliphatic rings. The molecule has 1 saturated heterocycles. The summed E-state index contributed by atoms with van der Waals surface area (Å²) >= 11 is 0. The van der Waals surface area contributed by atoms with Crippen LogP contribution >= 0.6 is 0 Å². The maximum Gasteiger partial charge on any atom is 0.294 e. The third-order valence-corrected chi connectivity index (χ3v) is 6.24. The zero-order valence-electron chi connectivity index (χ0n) is 18.2. The quantitative estimate of drug-likeness (QED) is 0.582. The predicted octanol–water partition coefficient (Wildman–Crippen LogP) is 1.74. The van der Waals surface area contributed by atoms with Crippen LogP contribution in [0.3, 0.4) is 0 Å². The second-order valence-electron chi connectivity index (χ2n) is 8.31. The lowest BCUT2D eigenvalue weighted by Crippen LogP contribution is -2.46. The number of imidazole rings is 1. The molecule has 0 aliphatic carbocycles. The van der Waals surface area contributed by atoms with E-state index >= 15 is 0 Å². The SMILES string of the molecule is CNC(=O)c1ccc(N2CCN(Cc3cc4c5c(nc(F)n5c3)C(C)C(=O)N4)CC2)c(F)n1. The first-order valence-corrected chi connectivity index (χ1v) is 10.7. The van der Waals surface area contributed by atoms with E-state index in [0.717, 1.165) is 5.56 Å². The summed E-state index contributed by atoms with van der Waals surface area (Å²) in [5.74, 6) is -1.82. The van der Waals surface area contributed by atoms with Crippen molar-refractivity contribution in [2.75, 3.05) is 43.4 Å². The largest absolute Gasteiger partial charge is 0.365 e. The van der Waals surface area contributed by atoms with E-state index in [1.807, 2.05) is 11.0 Å². The Kier molecular flexibility index (Phi) is 5.20. The van der Waals surface area contributed by atoms with Crippen molar-refractivity contribution in [3.63, 3.8) is 0 Å². The van der Waals surface area contributed by atoms with Gasteiger partial charge in [-0.15, -0.1) is 0 Å². The van der Waals surface area contributed by atoms with Crippen LogP contribution in [0.25, 0.3) is 5.52 Å². The molecule has 1 fully saturated rings. The van der Waals surface area contributed by atoms with Gasteiger partial charge < -0.3 is 15.5 Å². The molecule has 2 N–H and O–H groups in total. The third-order valence-electron chi connectivity index (χ3n) is 6.24. The van der Waals surface area contributed by atoms with E-state index in [2.05, 4.69) is 25.5 Å². The summed E-state index contributed by atoms with van der Waals surface area (Å²) in [6.07, 6.45) is 1.07. The summed E-state index contributed by atoms with van der Waals surface area (Å²) in [4.78, 5) is 35.7. The maximum atomic E-state index is 14.5. The number of aromatic nitrogens is 3. The van der Waals surface area contributed by atoms with Gasteiger partial charge in [-0.05, 0) is 30.7 Å². The molecule has 33 heavy (non-hydrogen) atoms. The fourth-order valence-electron chi connectivity index (χ4n) is 4.44. The van der Waals surface area contributed by atoms with Gasteiger partial charge in [0.2, 0.25) is 11.9 Å². The first-order chi connectivity index (χ1) is 15.9. The van der Waals surface area contributed by atoms with Gasteiger partial charge in [-0.2, -0.15) is 8.78 Å². The third kappa shape index (κ3) is 3.67.